The van der Waals surface area contributed by atoms with Gasteiger partial charge in [-0.3, -0.25) is 9.59 Å². The summed E-state index contributed by atoms with van der Waals surface area (Å²) in [5.74, 6) is 0.0755. The molecule has 5 heteroatoms. The normalized spacial score (nSPS) is 18.6. The number of nitrogens with two attached hydrogens (primary N) is 1. The van der Waals surface area contributed by atoms with Gasteiger partial charge in [-0.15, -0.1) is 0 Å². The van der Waals surface area contributed by atoms with E-state index < -0.39 is 0 Å². The number of methoxy groups -OCH3 is 1. The minimum Gasteiger partial charge on any atom is -0.497 e. The number of hydrogen-bond donors (Lipinski definition) is 1. The van der Waals surface area contributed by atoms with Crippen LogP contribution in [-0.4, -0.2) is 36.9 Å². The van der Waals surface area contributed by atoms with Gasteiger partial charge in [0.25, 0.3) is 0 Å². The molecule has 1 saturated heterocycles. The highest BCUT2D eigenvalue weighted by Gasteiger charge is 2.32. The van der Waals surface area contributed by atoms with E-state index in [1.54, 1.807) is 12.0 Å². The first kappa shape index (κ1) is 16.3. The van der Waals surface area contributed by atoms with E-state index >= 15 is 0 Å². The summed E-state index contributed by atoms with van der Waals surface area (Å²) >= 11 is 0. The molecule has 0 saturated carbocycles. The summed E-state index contributed by atoms with van der Waals surface area (Å²) in [5, 5.41) is 2.15. The number of primary amides is 1. The van der Waals surface area contributed by atoms with Crippen molar-refractivity contribution >= 4 is 22.6 Å². The third-order valence-corrected chi connectivity index (χ3v) is 4.84. The quantitative estimate of drug-likeness (QED) is 0.937. The molecule has 24 heavy (non-hydrogen) atoms. The van der Waals surface area contributed by atoms with Crippen LogP contribution in [-0.2, 0) is 9.59 Å². The van der Waals surface area contributed by atoms with Gasteiger partial charge in [0.2, 0.25) is 11.8 Å². The van der Waals surface area contributed by atoms with Crippen LogP contribution in [0, 0.1) is 5.92 Å². The second kappa shape index (κ2) is 6.51. The van der Waals surface area contributed by atoms with E-state index in [0.29, 0.717) is 19.5 Å². The molecule has 1 fully saturated rings. The number of hydrogen-bond acceptors (Lipinski definition) is 3. The van der Waals surface area contributed by atoms with Gasteiger partial charge in [-0.2, -0.15) is 0 Å². The van der Waals surface area contributed by atoms with E-state index in [2.05, 4.69) is 0 Å². The highest BCUT2D eigenvalue weighted by atomic mass is 16.5. The van der Waals surface area contributed by atoms with E-state index in [-0.39, 0.29) is 23.7 Å². The lowest BCUT2D eigenvalue weighted by Crippen LogP contribution is -2.34. The maximum absolute atomic E-state index is 12.7. The number of fused-ring (bicyclic) bond motifs is 1. The van der Waals surface area contributed by atoms with Crippen LogP contribution >= 0.6 is 0 Å². The average molecular weight is 326 g/mol. The van der Waals surface area contributed by atoms with Crippen molar-refractivity contribution in [3.05, 3.63) is 42.0 Å². The smallest absolute Gasteiger partial charge is 0.229 e. The van der Waals surface area contributed by atoms with Gasteiger partial charge in [0.1, 0.15) is 5.75 Å². The maximum atomic E-state index is 12.7. The molecule has 3 rings (SSSR count). The molecule has 0 radical (unpaired) electrons. The zero-order valence-electron chi connectivity index (χ0n) is 14.0. The molecule has 126 valence electrons. The molecule has 0 aromatic heterocycles. The molecular weight excluding hydrogens is 304 g/mol. The van der Waals surface area contributed by atoms with Crippen molar-refractivity contribution in [2.75, 3.05) is 20.2 Å². The van der Waals surface area contributed by atoms with Crippen LogP contribution in [0.25, 0.3) is 10.8 Å². The molecule has 1 aliphatic rings. The van der Waals surface area contributed by atoms with Crippen molar-refractivity contribution in [1.29, 1.82) is 0 Å². The Labute approximate surface area is 141 Å². The summed E-state index contributed by atoms with van der Waals surface area (Å²) in [6.07, 6.45) is 0.658. The summed E-state index contributed by atoms with van der Waals surface area (Å²) in [5.41, 5.74) is 6.32. The molecule has 0 spiro atoms. The standard InChI is InChI=1S/C19H22N2O3/c1-12(19(23)21-8-7-16(11-21)18(20)22)13-3-4-15-10-17(24-2)6-5-14(15)9-13/h3-6,9-10,12,16H,7-8,11H2,1-2H3,(H2,20,22)/t12-,16?/m0/s1. The van der Waals surface area contributed by atoms with Gasteiger partial charge in [0, 0.05) is 13.1 Å². The third kappa shape index (κ3) is 3.07. The van der Waals surface area contributed by atoms with Crippen molar-refractivity contribution in [2.24, 2.45) is 11.7 Å². The molecule has 1 unspecified atom stereocenters. The van der Waals surface area contributed by atoms with Gasteiger partial charge >= 0.3 is 0 Å². The van der Waals surface area contributed by atoms with E-state index in [4.69, 9.17) is 10.5 Å². The van der Waals surface area contributed by atoms with Crippen LogP contribution < -0.4 is 10.5 Å². The van der Waals surface area contributed by atoms with Crippen molar-refractivity contribution in [3.63, 3.8) is 0 Å². The van der Waals surface area contributed by atoms with E-state index in [1.807, 2.05) is 43.3 Å². The van der Waals surface area contributed by atoms with Gasteiger partial charge in [0.05, 0.1) is 18.9 Å². The molecule has 2 atom stereocenters. The Morgan fingerprint density at radius 1 is 1.21 bits per heavy atom. The average Bonchev–Trinajstić information content (AvgIpc) is 3.10. The second-order valence-electron chi connectivity index (χ2n) is 6.37. The fourth-order valence-corrected chi connectivity index (χ4v) is 3.25. The second-order valence-corrected chi connectivity index (χ2v) is 6.37. The largest absolute Gasteiger partial charge is 0.497 e. The van der Waals surface area contributed by atoms with E-state index in [9.17, 15) is 9.59 Å². The lowest BCUT2D eigenvalue weighted by Gasteiger charge is -2.21. The molecule has 1 heterocycles. The molecule has 5 nitrogen and oxygen atoms in total. The zero-order valence-corrected chi connectivity index (χ0v) is 14.0. The molecular formula is C19H22N2O3. The van der Waals surface area contributed by atoms with Crippen LogP contribution in [0.3, 0.4) is 0 Å². The predicted molar refractivity (Wildman–Crippen MR) is 92.8 cm³/mol. The third-order valence-electron chi connectivity index (χ3n) is 4.84. The van der Waals surface area contributed by atoms with Gasteiger partial charge in [0.15, 0.2) is 0 Å². The monoisotopic (exact) mass is 326 g/mol. The van der Waals surface area contributed by atoms with E-state index in [0.717, 1.165) is 22.1 Å². The first-order chi connectivity index (χ1) is 11.5. The van der Waals surface area contributed by atoms with Crippen molar-refractivity contribution in [1.82, 2.24) is 4.90 Å². The number of carbonyl (C=O) groups excluding carboxylic acids is 2. The van der Waals surface area contributed by atoms with E-state index in [1.165, 1.54) is 0 Å². The number of carbonyl (C=O) groups is 2. The van der Waals surface area contributed by atoms with Gasteiger partial charge < -0.3 is 15.4 Å². The topological polar surface area (TPSA) is 72.6 Å². The highest BCUT2D eigenvalue weighted by molar-refractivity contribution is 5.89. The fraction of sp³-hybridized carbons (Fsp3) is 0.368. The SMILES string of the molecule is COc1ccc2cc([C@H](C)C(=O)N3CCC(C(N)=O)C3)ccc2c1. The van der Waals surface area contributed by atoms with Gasteiger partial charge in [-0.1, -0.05) is 24.3 Å². The Bertz CT molecular complexity index is 787. The molecule has 0 aliphatic carbocycles. The molecule has 1 aliphatic heterocycles. The molecule has 2 aromatic carbocycles. The minimum absolute atomic E-state index is 0.0478. The molecule has 2 amide bonds. The Morgan fingerprint density at radius 2 is 1.92 bits per heavy atom. The Balaban J connectivity index is 1.79. The van der Waals surface area contributed by atoms with Crippen molar-refractivity contribution < 1.29 is 14.3 Å². The number of amides is 2. The number of nitrogens with zero attached hydrogens (tertiary/aromatic N) is 1. The molecule has 0 bridgehead atoms. The minimum atomic E-state index is -0.322. The maximum Gasteiger partial charge on any atom is 0.229 e. The summed E-state index contributed by atoms with van der Waals surface area (Å²) in [6.45, 7) is 2.94. The summed E-state index contributed by atoms with van der Waals surface area (Å²) in [6, 6.07) is 11.9. The number of benzene rings is 2. The van der Waals surface area contributed by atoms with Crippen LogP contribution in [0.15, 0.2) is 36.4 Å². The Kier molecular flexibility index (Phi) is 4.42. The highest BCUT2D eigenvalue weighted by Crippen LogP contribution is 2.27. The summed E-state index contributed by atoms with van der Waals surface area (Å²) in [7, 11) is 1.64. The zero-order chi connectivity index (χ0) is 17.3. The van der Waals surface area contributed by atoms with Crippen LogP contribution in [0.1, 0.15) is 24.8 Å². The van der Waals surface area contributed by atoms with Crippen LogP contribution in [0.4, 0.5) is 0 Å². The first-order valence-electron chi connectivity index (χ1n) is 8.15. The summed E-state index contributed by atoms with van der Waals surface area (Å²) < 4.78 is 5.24. The lowest BCUT2D eigenvalue weighted by atomic mass is 9.96. The molecule has 2 aromatic rings. The Morgan fingerprint density at radius 3 is 2.58 bits per heavy atom. The van der Waals surface area contributed by atoms with Crippen molar-refractivity contribution in [3.8, 4) is 5.75 Å². The number of likely N-dealkylation sites (tertiary alicyclic amines) is 1. The number of rotatable bonds is 4. The molecule has 2 N–H and O–H groups in total. The summed E-state index contributed by atoms with van der Waals surface area (Å²) in [4.78, 5) is 25.7. The van der Waals surface area contributed by atoms with Gasteiger partial charge in [-0.05, 0) is 41.8 Å². The first-order valence-corrected chi connectivity index (χ1v) is 8.15. The van der Waals surface area contributed by atoms with Crippen LogP contribution in [0.2, 0.25) is 0 Å². The van der Waals surface area contributed by atoms with Crippen molar-refractivity contribution in [2.45, 2.75) is 19.3 Å². The van der Waals surface area contributed by atoms with Crippen LogP contribution in [0.5, 0.6) is 5.75 Å². The Hall–Kier alpha value is -2.56. The predicted octanol–water partition coefficient (Wildman–Crippen LogP) is 2.29. The van der Waals surface area contributed by atoms with Gasteiger partial charge in [-0.25, -0.2) is 0 Å². The fourth-order valence-electron chi connectivity index (χ4n) is 3.25. The number of ether oxygens (including phenoxy) is 1. The lowest BCUT2D eigenvalue weighted by molar-refractivity contribution is -0.131.